The molecule has 1 saturated heterocycles. The van der Waals surface area contributed by atoms with E-state index in [2.05, 4.69) is 0 Å². The molecule has 1 aromatic carbocycles. The predicted molar refractivity (Wildman–Crippen MR) is 103 cm³/mol. The van der Waals surface area contributed by atoms with Crippen molar-refractivity contribution in [2.75, 3.05) is 26.4 Å². The second-order valence-electron chi connectivity index (χ2n) is 6.22. The summed E-state index contributed by atoms with van der Waals surface area (Å²) in [6.07, 6.45) is -1.48. The summed E-state index contributed by atoms with van der Waals surface area (Å²) in [7, 11) is 0. The smallest absolute Gasteiger partial charge is 0.354 e. The topological polar surface area (TPSA) is 124 Å². The van der Waals surface area contributed by atoms with Gasteiger partial charge in [-0.15, -0.1) is 0 Å². The fraction of sp³-hybridized carbons (Fsp3) is 0.524. The number of carbonyl (C=O) groups is 4. The van der Waals surface area contributed by atoms with Gasteiger partial charge >= 0.3 is 35.1 Å². The number of rotatable bonds is 9. The maximum atomic E-state index is 13.1. The molecule has 1 aliphatic rings. The van der Waals surface area contributed by atoms with Crippen LogP contribution < -0.4 is 0 Å². The Hall–Kier alpha value is -2.98. The lowest BCUT2D eigenvalue weighted by molar-refractivity contribution is -0.208. The molecule has 31 heavy (non-hydrogen) atoms. The van der Waals surface area contributed by atoms with Gasteiger partial charge in [-0.25, -0.2) is 19.2 Å². The Kier molecular flexibility index (Phi) is 8.12. The van der Waals surface area contributed by atoms with Gasteiger partial charge in [-0.2, -0.15) is 0 Å². The average molecular weight is 438 g/mol. The molecule has 1 heterocycles. The van der Waals surface area contributed by atoms with Crippen molar-refractivity contribution in [1.29, 1.82) is 0 Å². The maximum absolute atomic E-state index is 13.1. The van der Waals surface area contributed by atoms with E-state index >= 15 is 0 Å². The Morgan fingerprint density at radius 1 is 0.677 bits per heavy atom. The van der Waals surface area contributed by atoms with Crippen LogP contribution in [0.2, 0.25) is 0 Å². The van der Waals surface area contributed by atoms with Crippen molar-refractivity contribution in [2.24, 2.45) is 0 Å². The standard InChI is InChI=1S/C21H26O10/c1-5-26-16(22)20(17(23)27-6-2)21(18(24)28-7-3,19(25)29-8-4)31-15(30-20)14-12-10-9-11-13-14/h9-13,15H,5-8H2,1-4H3. The summed E-state index contributed by atoms with van der Waals surface area (Å²) >= 11 is 0. The van der Waals surface area contributed by atoms with Crippen LogP contribution in [0, 0.1) is 0 Å². The Morgan fingerprint density at radius 3 is 1.29 bits per heavy atom. The molecule has 0 aliphatic carbocycles. The van der Waals surface area contributed by atoms with E-state index < -0.39 is 41.4 Å². The number of esters is 4. The van der Waals surface area contributed by atoms with Crippen molar-refractivity contribution in [3.63, 3.8) is 0 Å². The summed E-state index contributed by atoms with van der Waals surface area (Å²) in [4.78, 5) is 52.6. The summed E-state index contributed by atoms with van der Waals surface area (Å²) in [6.45, 7) is 5.22. The number of hydrogen-bond acceptors (Lipinski definition) is 10. The van der Waals surface area contributed by atoms with E-state index in [1.165, 1.54) is 27.7 Å². The van der Waals surface area contributed by atoms with Gasteiger partial charge < -0.3 is 28.4 Å². The van der Waals surface area contributed by atoms with Crippen molar-refractivity contribution < 1.29 is 47.6 Å². The lowest BCUT2D eigenvalue weighted by atomic mass is 9.82. The highest BCUT2D eigenvalue weighted by molar-refractivity contribution is 6.20. The molecule has 1 aromatic rings. The second-order valence-corrected chi connectivity index (χ2v) is 6.22. The highest BCUT2D eigenvalue weighted by atomic mass is 16.8. The minimum absolute atomic E-state index is 0.179. The van der Waals surface area contributed by atoms with Crippen LogP contribution in [0.4, 0.5) is 0 Å². The zero-order chi connectivity index (χ0) is 23.1. The van der Waals surface area contributed by atoms with E-state index in [-0.39, 0.29) is 26.4 Å². The fourth-order valence-corrected chi connectivity index (χ4v) is 3.12. The van der Waals surface area contributed by atoms with Gasteiger partial charge in [0, 0.05) is 5.56 Å². The van der Waals surface area contributed by atoms with Crippen LogP contribution >= 0.6 is 0 Å². The van der Waals surface area contributed by atoms with Gasteiger partial charge in [0.2, 0.25) is 0 Å². The van der Waals surface area contributed by atoms with Crippen molar-refractivity contribution in [3.8, 4) is 0 Å². The van der Waals surface area contributed by atoms with Crippen LogP contribution in [0.25, 0.3) is 0 Å². The molecule has 0 saturated carbocycles. The Bertz CT molecular complexity index is 720. The van der Waals surface area contributed by atoms with Crippen molar-refractivity contribution in [2.45, 2.75) is 45.2 Å². The van der Waals surface area contributed by atoms with Crippen LogP contribution in [0.5, 0.6) is 0 Å². The van der Waals surface area contributed by atoms with Gasteiger partial charge in [0.05, 0.1) is 26.4 Å². The molecule has 2 rings (SSSR count). The quantitative estimate of drug-likeness (QED) is 0.318. The molecule has 0 unspecified atom stereocenters. The third kappa shape index (κ3) is 4.13. The molecular formula is C21H26O10. The van der Waals surface area contributed by atoms with Crippen LogP contribution in [0.3, 0.4) is 0 Å². The molecule has 0 atom stereocenters. The first-order valence-electron chi connectivity index (χ1n) is 9.95. The average Bonchev–Trinajstić information content (AvgIpc) is 3.14. The minimum Gasteiger partial charge on any atom is -0.463 e. The Balaban J connectivity index is 2.81. The van der Waals surface area contributed by atoms with E-state index in [1.54, 1.807) is 30.3 Å². The van der Waals surface area contributed by atoms with Gasteiger partial charge in [0.15, 0.2) is 6.29 Å². The number of carbonyl (C=O) groups excluding carboxylic acids is 4. The molecule has 0 N–H and O–H groups in total. The Labute approximate surface area is 179 Å². The van der Waals surface area contributed by atoms with Gasteiger partial charge in [-0.1, -0.05) is 30.3 Å². The maximum Gasteiger partial charge on any atom is 0.354 e. The first-order chi connectivity index (χ1) is 14.8. The molecule has 1 fully saturated rings. The third-order valence-corrected chi connectivity index (χ3v) is 4.39. The van der Waals surface area contributed by atoms with Crippen molar-refractivity contribution >= 4 is 23.9 Å². The highest BCUT2D eigenvalue weighted by Gasteiger charge is 2.81. The lowest BCUT2D eigenvalue weighted by Gasteiger charge is -2.34. The SMILES string of the molecule is CCOC(=O)C1(C(=O)OCC)OC(c2ccccc2)OC1(C(=O)OCC)C(=O)OCC. The van der Waals surface area contributed by atoms with Gasteiger partial charge in [0.25, 0.3) is 0 Å². The first-order valence-corrected chi connectivity index (χ1v) is 9.95. The van der Waals surface area contributed by atoms with Gasteiger partial charge in [-0.05, 0) is 27.7 Å². The monoisotopic (exact) mass is 438 g/mol. The lowest BCUT2D eigenvalue weighted by Crippen LogP contribution is -2.71. The van der Waals surface area contributed by atoms with Crippen LogP contribution in [0.15, 0.2) is 30.3 Å². The molecule has 170 valence electrons. The van der Waals surface area contributed by atoms with E-state index in [1.807, 2.05) is 0 Å². The second kappa shape index (κ2) is 10.4. The number of benzene rings is 1. The highest BCUT2D eigenvalue weighted by Crippen LogP contribution is 2.49. The van der Waals surface area contributed by atoms with Crippen molar-refractivity contribution in [3.05, 3.63) is 35.9 Å². The van der Waals surface area contributed by atoms with Crippen LogP contribution in [-0.2, 0) is 47.6 Å². The molecule has 0 spiro atoms. The van der Waals surface area contributed by atoms with Crippen LogP contribution in [0.1, 0.15) is 39.5 Å². The predicted octanol–water partition coefficient (Wildman–Crippen LogP) is 1.46. The van der Waals surface area contributed by atoms with Gasteiger partial charge in [-0.3, -0.25) is 0 Å². The molecule has 10 nitrogen and oxygen atoms in total. The summed E-state index contributed by atoms with van der Waals surface area (Å²) in [5.41, 5.74) is -5.56. The molecule has 0 bridgehead atoms. The Morgan fingerprint density at radius 2 is 1.00 bits per heavy atom. The first kappa shape index (κ1) is 24.3. The summed E-state index contributed by atoms with van der Waals surface area (Å²) in [6, 6.07) is 8.14. The molecule has 0 aromatic heterocycles. The number of hydrogen-bond donors (Lipinski definition) is 0. The van der Waals surface area contributed by atoms with Gasteiger partial charge in [0.1, 0.15) is 0 Å². The summed E-state index contributed by atoms with van der Waals surface area (Å²) in [5, 5.41) is 0. The largest absolute Gasteiger partial charge is 0.463 e. The molecule has 10 heteroatoms. The minimum atomic E-state index is -2.95. The molecule has 0 amide bonds. The zero-order valence-corrected chi connectivity index (χ0v) is 17.9. The normalized spacial score (nSPS) is 16.9. The zero-order valence-electron chi connectivity index (χ0n) is 17.9. The molecule has 0 radical (unpaired) electrons. The van der Waals surface area contributed by atoms with E-state index in [0.29, 0.717) is 5.56 Å². The fourth-order valence-electron chi connectivity index (χ4n) is 3.12. The third-order valence-electron chi connectivity index (χ3n) is 4.39. The van der Waals surface area contributed by atoms with Crippen LogP contribution in [-0.4, -0.2) is 61.5 Å². The molecule has 1 aliphatic heterocycles. The van der Waals surface area contributed by atoms with Crippen molar-refractivity contribution in [1.82, 2.24) is 0 Å². The van der Waals surface area contributed by atoms with E-state index in [9.17, 15) is 19.2 Å². The summed E-state index contributed by atoms with van der Waals surface area (Å²) < 4.78 is 31.6. The number of ether oxygens (including phenoxy) is 6. The summed E-state index contributed by atoms with van der Waals surface area (Å²) in [5.74, 6) is -5.36. The van der Waals surface area contributed by atoms with E-state index in [0.717, 1.165) is 0 Å². The molecular weight excluding hydrogens is 412 g/mol. The van der Waals surface area contributed by atoms with E-state index in [4.69, 9.17) is 28.4 Å².